The van der Waals surface area contributed by atoms with E-state index >= 15 is 0 Å². The van der Waals surface area contributed by atoms with Gasteiger partial charge in [-0.05, 0) is 38.5 Å². The highest BCUT2D eigenvalue weighted by Crippen LogP contribution is 2.22. The molecule has 1 aromatic rings. The maximum Gasteiger partial charge on any atom is 0.410 e. The number of hydrogen-bond donors (Lipinski definition) is 0. The average molecular weight is 310 g/mol. The molecule has 1 saturated heterocycles. The van der Waals surface area contributed by atoms with E-state index in [0.717, 1.165) is 12.8 Å². The van der Waals surface area contributed by atoms with Gasteiger partial charge in [0.05, 0.1) is 12.3 Å². The lowest BCUT2D eigenvalue weighted by molar-refractivity contribution is -0.392. The van der Waals surface area contributed by atoms with E-state index in [1.165, 1.54) is 16.9 Å². The number of nitro groups is 1. The summed E-state index contributed by atoms with van der Waals surface area (Å²) in [5, 5.41) is 14.9. The van der Waals surface area contributed by atoms with Crippen LogP contribution in [0.15, 0.2) is 12.3 Å². The lowest BCUT2D eigenvalue weighted by Gasteiger charge is -2.32. The van der Waals surface area contributed by atoms with Crippen LogP contribution in [0.2, 0.25) is 0 Å². The van der Waals surface area contributed by atoms with Crippen LogP contribution in [0, 0.1) is 16.0 Å². The molecule has 0 saturated carbocycles. The fourth-order valence-corrected chi connectivity index (χ4v) is 2.49. The second-order valence-corrected chi connectivity index (χ2v) is 6.54. The van der Waals surface area contributed by atoms with Crippen molar-refractivity contribution in [1.29, 1.82) is 0 Å². The van der Waals surface area contributed by atoms with E-state index in [-0.39, 0.29) is 17.8 Å². The predicted octanol–water partition coefficient (Wildman–Crippen LogP) is 2.44. The number of carbonyl (C=O) groups is 1. The van der Waals surface area contributed by atoms with Gasteiger partial charge in [0.15, 0.2) is 0 Å². The van der Waals surface area contributed by atoms with E-state index in [9.17, 15) is 14.9 Å². The van der Waals surface area contributed by atoms with Gasteiger partial charge in [-0.3, -0.25) is 0 Å². The summed E-state index contributed by atoms with van der Waals surface area (Å²) in [6.07, 6.45) is 2.72. The fraction of sp³-hybridized carbons (Fsp3) is 0.714. The van der Waals surface area contributed by atoms with Crippen LogP contribution in [0.3, 0.4) is 0 Å². The summed E-state index contributed by atoms with van der Waals surface area (Å²) in [4.78, 5) is 24.1. The largest absolute Gasteiger partial charge is 0.444 e. The number of rotatable bonds is 3. The van der Waals surface area contributed by atoms with Crippen LogP contribution in [0.25, 0.3) is 0 Å². The van der Waals surface area contributed by atoms with Gasteiger partial charge in [0.2, 0.25) is 0 Å². The zero-order valence-electron chi connectivity index (χ0n) is 13.2. The third kappa shape index (κ3) is 4.19. The van der Waals surface area contributed by atoms with Crippen molar-refractivity contribution in [2.45, 2.75) is 45.8 Å². The van der Waals surface area contributed by atoms with Gasteiger partial charge in [-0.1, -0.05) is 5.10 Å². The number of amides is 1. The Hall–Kier alpha value is -2.12. The van der Waals surface area contributed by atoms with E-state index in [4.69, 9.17) is 4.74 Å². The maximum atomic E-state index is 12.0. The standard InChI is InChI=1S/C14H22N4O4/c1-14(2,3)22-13(19)16-8-5-11(6-9-16)10-17-12(18(20)21)4-7-15-17/h4,7,11H,5-6,8-10H2,1-3H3. The average Bonchev–Trinajstić information content (AvgIpc) is 2.86. The van der Waals surface area contributed by atoms with E-state index in [1.807, 2.05) is 20.8 Å². The van der Waals surface area contributed by atoms with Gasteiger partial charge in [-0.15, -0.1) is 4.68 Å². The summed E-state index contributed by atoms with van der Waals surface area (Å²) in [6.45, 7) is 7.24. The number of likely N-dealkylation sites (tertiary alicyclic amines) is 1. The summed E-state index contributed by atoms with van der Waals surface area (Å²) < 4.78 is 6.77. The van der Waals surface area contributed by atoms with Gasteiger partial charge in [-0.2, -0.15) is 0 Å². The van der Waals surface area contributed by atoms with Gasteiger partial charge in [0, 0.05) is 19.0 Å². The summed E-state index contributed by atoms with van der Waals surface area (Å²) >= 11 is 0. The number of hydrogen-bond acceptors (Lipinski definition) is 5. The first kappa shape index (κ1) is 16.3. The van der Waals surface area contributed by atoms with Gasteiger partial charge >= 0.3 is 11.9 Å². The summed E-state index contributed by atoms with van der Waals surface area (Å²) in [6, 6.07) is 1.40. The molecular weight excluding hydrogens is 288 g/mol. The van der Waals surface area contributed by atoms with Crippen molar-refractivity contribution in [3.63, 3.8) is 0 Å². The van der Waals surface area contributed by atoms with Crippen molar-refractivity contribution in [3.8, 4) is 0 Å². The second kappa shape index (κ2) is 6.33. The summed E-state index contributed by atoms with van der Waals surface area (Å²) in [5.74, 6) is 0.284. The van der Waals surface area contributed by atoms with E-state index in [0.29, 0.717) is 19.6 Å². The molecule has 1 aliphatic rings. The van der Waals surface area contributed by atoms with Crippen molar-refractivity contribution in [2.24, 2.45) is 5.92 Å². The van der Waals surface area contributed by atoms with Crippen LogP contribution in [0.1, 0.15) is 33.6 Å². The smallest absolute Gasteiger partial charge is 0.410 e. The van der Waals surface area contributed by atoms with Crippen molar-refractivity contribution in [1.82, 2.24) is 14.7 Å². The van der Waals surface area contributed by atoms with Gasteiger partial charge < -0.3 is 19.8 Å². The monoisotopic (exact) mass is 310 g/mol. The molecule has 0 radical (unpaired) electrons. The zero-order chi connectivity index (χ0) is 16.3. The number of aromatic nitrogens is 2. The maximum absolute atomic E-state index is 12.0. The first-order valence-corrected chi connectivity index (χ1v) is 7.40. The molecule has 0 aliphatic carbocycles. The Labute approximate surface area is 129 Å². The molecule has 0 unspecified atom stereocenters. The lowest BCUT2D eigenvalue weighted by atomic mass is 9.97. The molecule has 0 spiro atoms. The Balaban J connectivity index is 1.86. The molecule has 1 aromatic heterocycles. The molecule has 2 rings (SSSR count). The highest BCUT2D eigenvalue weighted by atomic mass is 16.6. The van der Waals surface area contributed by atoms with E-state index < -0.39 is 10.5 Å². The molecule has 122 valence electrons. The molecule has 8 nitrogen and oxygen atoms in total. The van der Waals surface area contributed by atoms with Crippen molar-refractivity contribution in [3.05, 3.63) is 22.4 Å². The molecule has 0 aromatic carbocycles. The Morgan fingerprint density at radius 3 is 2.64 bits per heavy atom. The van der Waals surface area contributed by atoms with Crippen molar-refractivity contribution >= 4 is 11.9 Å². The second-order valence-electron chi connectivity index (χ2n) is 6.54. The number of piperidine rings is 1. The minimum atomic E-state index is -0.496. The van der Waals surface area contributed by atoms with Crippen LogP contribution in [-0.2, 0) is 11.3 Å². The third-order valence-electron chi connectivity index (χ3n) is 3.58. The Morgan fingerprint density at radius 2 is 2.09 bits per heavy atom. The molecule has 1 fully saturated rings. The molecular formula is C14H22N4O4. The third-order valence-corrected chi connectivity index (χ3v) is 3.58. The molecule has 1 aliphatic heterocycles. The lowest BCUT2D eigenvalue weighted by Crippen LogP contribution is -2.42. The highest BCUT2D eigenvalue weighted by Gasteiger charge is 2.28. The molecule has 1 amide bonds. The molecule has 2 heterocycles. The Morgan fingerprint density at radius 1 is 1.45 bits per heavy atom. The van der Waals surface area contributed by atoms with E-state index in [2.05, 4.69) is 5.10 Å². The summed E-state index contributed by atoms with van der Waals surface area (Å²) in [5.41, 5.74) is -0.496. The highest BCUT2D eigenvalue weighted by molar-refractivity contribution is 5.68. The zero-order valence-corrected chi connectivity index (χ0v) is 13.2. The molecule has 22 heavy (non-hydrogen) atoms. The molecule has 0 bridgehead atoms. The van der Waals surface area contributed by atoms with Gasteiger partial charge in [0.25, 0.3) is 0 Å². The molecule has 0 N–H and O–H groups in total. The van der Waals surface area contributed by atoms with Crippen LogP contribution in [0.5, 0.6) is 0 Å². The normalized spacial score (nSPS) is 16.6. The number of nitrogens with zero attached hydrogens (tertiary/aromatic N) is 4. The van der Waals surface area contributed by atoms with Gasteiger partial charge in [0.1, 0.15) is 12.1 Å². The SMILES string of the molecule is CC(C)(C)OC(=O)N1CCC(Cn2nccc2[N+](=O)[O-])CC1. The van der Waals surface area contributed by atoms with Crippen molar-refractivity contribution < 1.29 is 14.5 Å². The Bertz CT molecular complexity index is 541. The Kier molecular flexibility index (Phi) is 4.68. The number of ether oxygens (including phenoxy) is 1. The van der Waals surface area contributed by atoms with Crippen LogP contribution < -0.4 is 0 Å². The van der Waals surface area contributed by atoms with Crippen LogP contribution >= 0.6 is 0 Å². The number of carbonyl (C=O) groups excluding carboxylic acids is 1. The molecule has 0 atom stereocenters. The summed E-state index contributed by atoms with van der Waals surface area (Å²) in [7, 11) is 0. The van der Waals surface area contributed by atoms with Crippen LogP contribution in [-0.4, -0.2) is 44.4 Å². The van der Waals surface area contributed by atoms with Gasteiger partial charge in [-0.25, -0.2) is 4.79 Å². The topological polar surface area (TPSA) is 90.5 Å². The molecule has 8 heteroatoms. The van der Waals surface area contributed by atoms with Crippen LogP contribution in [0.4, 0.5) is 10.6 Å². The minimum absolute atomic E-state index is 0.00886. The predicted molar refractivity (Wildman–Crippen MR) is 79.4 cm³/mol. The quantitative estimate of drug-likeness (QED) is 0.631. The first-order valence-electron chi connectivity index (χ1n) is 7.40. The first-order chi connectivity index (χ1) is 10.3. The van der Waals surface area contributed by atoms with E-state index in [1.54, 1.807) is 4.90 Å². The minimum Gasteiger partial charge on any atom is -0.444 e. The van der Waals surface area contributed by atoms with Crippen molar-refractivity contribution in [2.75, 3.05) is 13.1 Å². The fourth-order valence-electron chi connectivity index (χ4n) is 2.49.